The van der Waals surface area contributed by atoms with Crippen molar-refractivity contribution in [1.82, 2.24) is 0 Å². The third-order valence-electron chi connectivity index (χ3n) is 2.46. The topological polar surface area (TPSA) is 69.6 Å². The highest BCUT2D eigenvalue weighted by molar-refractivity contribution is 6.30. The summed E-state index contributed by atoms with van der Waals surface area (Å²) < 4.78 is 0. The number of anilines is 1. The van der Waals surface area contributed by atoms with Crippen molar-refractivity contribution in [3.63, 3.8) is 0 Å². The Balaban J connectivity index is 2.37. The molecule has 0 spiro atoms. The molecule has 15 heavy (non-hydrogen) atoms. The second-order valence-electron chi connectivity index (χ2n) is 3.52. The number of fused-ring (bicyclic) bond motifs is 1. The Bertz CT molecular complexity index is 408. The number of rotatable bonds is 1. The van der Waals surface area contributed by atoms with E-state index in [-0.39, 0.29) is 6.42 Å². The van der Waals surface area contributed by atoms with Gasteiger partial charge in [-0.3, -0.25) is 0 Å². The lowest BCUT2D eigenvalue weighted by Crippen LogP contribution is -2.35. The maximum atomic E-state index is 10.8. The van der Waals surface area contributed by atoms with Crippen molar-refractivity contribution in [2.75, 3.05) is 5.32 Å². The number of aliphatic carboxylic acids is 1. The van der Waals surface area contributed by atoms with Gasteiger partial charge < -0.3 is 15.5 Å². The van der Waals surface area contributed by atoms with Crippen LogP contribution in [0.3, 0.4) is 0 Å². The maximum absolute atomic E-state index is 10.8. The summed E-state index contributed by atoms with van der Waals surface area (Å²) in [6, 6.07) is 4.24. The fraction of sp³-hybridized carbons (Fsp3) is 0.300. The van der Waals surface area contributed by atoms with E-state index in [1.807, 2.05) is 0 Å². The first-order chi connectivity index (χ1) is 7.08. The van der Waals surface area contributed by atoms with Crippen LogP contribution < -0.4 is 5.32 Å². The summed E-state index contributed by atoms with van der Waals surface area (Å²) in [6.07, 6.45) is -0.580. The Kier molecular flexibility index (Phi) is 2.54. The minimum absolute atomic E-state index is 0.171. The van der Waals surface area contributed by atoms with Crippen LogP contribution in [0.1, 0.15) is 18.1 Å². The monoisotopic (exact) mass is 227 g/mol. The first-order valence-electron chi connectivity index (χ1n) is 4.55. The largest absolute Gasteiger partial charge is 0.480 e. The van der Waals surface area contributed by atoms with Crippen LogP contribution in [0, 0.1) is 0 Å². The summed E-state index contributed by atoms with van der Waals surface area (Å²) >= 11 is 5.78. The lowest BCUT2D eigenvalue weighted by atomic mass is 9.95. The van der Waals surface area contributed by atoms with E-state index < -0.39 is 18.1 Å². The van der Waals surface area contributed by atoms with Gasteiger partial charge in [0, 0.05) is 22.7 Å². The van der Waals surface area contributed by atoms with Gasteiger partial charge in [0.1, 0.15) is 6.04 Å². The molecule has 3 N–H and O–H groups in total. The molecule has 0 bridgehead atoms. The summed E-state index contributed by atoms with van der Waals surface area (Å²) in [7, 11) is 0. The van der Waals surface area contributed by atoms with Crippen molar-refractivity contribution in [2.24, 2.45) is 0 Å². The van der Waals surface area contributed by atoms with Crippen molar-refractivity contribution < 1.29 is 15.0 Å². The van der Waals surface area contributed by atoms with Gasteiger partial charge in [0.25, 0.3) is 0 Å². The molecule has 0 amide bonds. The summed E-state index contributed by atoms with van der Waals surface area (Å²) in [5.41, 5.74) is 1.28. The van der Waals surface area contributed by atoms with E-state index in [1.54, 1.807) is 18.2 Å². The van der Waals surface area contributed by atoms with Gasteiger partial charge in [-0.2, -0.15) is 0 Å². The fourth-order valence-corrected chi connectivity index (χ4v) is 1.88. The molecule has 1 aliphatic heterocycles. The number of carboxylic acid groups (broad SMARTS) is 1. The smallest absolute Gasteiger partial charge is 0.326 e. The van der Waals surface area contributed by atoms with E-state index in [4.69, 9.17) is 16.7 Å². The molecule has 2 rings (SSSR count). The molecule has 0 aromatic heterocycles. The van der Waals surface area contributed by atoms with Crippen LogP contribution in [0.25, 0.3) is 0 Å². The van der Waals surface area contributed by atoms with Gasteiger partial charge in [0.05, 0.1) is 6.10 Å². The van der Waals surface area contributed by atoms with Gasteiger partial charge in [-0.05, 0) is 12.1 Å². The van der Waals surface area contributed by atoms with E-state index in [2.05, 4.69) is 5.32 Å². The van der Waals surface area contributed by atoms with Crippen molar-refractivity contribution in [2.45, 2.75) is 18.6 Å². The molecule has 2 atom stereocenters. The lowest BCUT2D eigenvalue weighted by Gasteiger charge is -2.28. The molecule has 0 radical (unpaired) electrons. The highest BCUT2D eigenvalue weighted by atomic mass is 35.5. The SMILES string of the molecule is O=C(O)C1CC(O)c2ccc(Cl)cc2N1. The lowest BCUT2D eigenvalue weighted by molar-refractivity contribution is -0.138. The van der Waals surface area contributed by atoms with Gasteiger partial charge in [-0.25, -0.2) is 4.79 Å². The van der Waals surface area contributed by atoms with E-state index in [1.165, 1.54) is 0 Å². The molecular weight excluding hydrogens is 218 g/mol. The normalized spacial score (nSPS) is 24.1. The molecule has 0 saturated heterocycles. The Morgan fingerprint density at radius 1 is 1.53 bits per heavy atom. The average molecular weight is 228 g/mol. The van der Waals surface area contributed by atoms with Crippen molar-refractivity contribution >= 4 is 23.3 Å². The van der Waals surface area contributed by atoms with E-state index in [0.29, 0.717) is 16.3 Å². The quantitative estimate of drug-likeness (QED) is 0.682. The highest BCUT2D eigenvalue weighted by Gasteiger charge is 2.29. The van der Waals surface area contributed by atoms with Crippen LogP contribution in [0.5, 0.6) is 0 Å². The number of hydrogen-bond donors (Lipinski definition) is 3. The van der Waals surface area contributed by atoms with Crippen molar-refractivity contribution in [3.05, 3.63) is 28.8 Å². The zero-order valence-electron chi connectivity index (χ0n) is 7.77. The van der Waals surface area contributed by atoms with Crippen LogP contribution in [-0.2, 0) is 4.79 Å². The van der Waals surface area contributed by atoms with Crippen LogP contribution >= 0.6 is 11.6 Å². The predicted octanol–water partition coefficient (Wildman–Crippen LogP) is 1.64. The van der Waals surface area contributed by atoms with Crippen LogP contribution in [0.4, 0.5) is 5.69 Å². The summed E-state index contributed by atoms with van der Waals surface area (Å²) in [4.78, 5) is 10.8. The molecule has 1 heterocycles. The molecule has 0 aliphatic carbocycles. The molecule has 1 aromatic rings. The van der Waals surface area contributed by atoms with Gasteiger partial charge in [0.15, 0.2) is 0 Å². The zero-order valence-corrected chi connectivity index (χ0v) is 8.53. The number of carboxylic acids is 1. The second kappa shape index (κ2) is 3.72. The number of hydrogen-bond acceptors (Lipinski definition) is 3. The number of halogens is 1. The van der Waals surface area contributed by atoms with E-state index >= 15 is 0 Å². The van der Waals surface area contributed by atoms with Crippen LogP contribution in [0.15, 0.2) is 18.2 Å². The molecule has 0 saturated carbocycles. The van der Waals surface area contributed by atoms with E-state index in [0.717, 1.165) is 0 Å². The third-order valence-corrected chi connectivity index (χ3v) is 2.70. The highest BCUT2D eigenvalue weighted by Crippen LogP contribution is 2.34. The average Bonchev–Trinajstić information content (AvgIpc) is 2.16. The Labute approximate surface area is 91.5 Å². The van der Waals surface area contributed by atoms with Crippen molar-refractivity contribution in [1.29, 1.82) is 0 Å². The Morgan fingerprint density at radius 2 is 2.27 bits per heavy atom. The van der Waals surface area contributed by atoms with Crippen LogP contribution in [-0.4, -0.2) is 22.2 Å². The Morgan fingerprint density at radius 3 is 2.93 bits per heavy atom. The molecule has 2 unspecified atom stereocenters. The minimum atomic E-state index is -0.973. The van der Waals surface area contributed by atoms with E-state index in [9.17, 15) is 9.90 Å². The summed E-state index contributed by atoms with van der Waals surface area (Å²) in [6.45, 7) is 0. The fourth-order valence-electron chi connectivity index (χ4n) is 1.70. The number of aliphatic hydroxyl groups excluding tert-OH is 1. The predicted molar refractivity (Wildman–Crippen MR) is 56.1 cm³/mol. The molecule has 1 aliphatic rings. The van der Waals surface area contributed by atoms with Crippen molar-refractivity contribution in [3.8, 4) is 0 Å². The minimum Gasteiger partial charge on any atom is -0.480 e. The first-order valence-corrected chi connectivity index (χ1v) is 4.92. The molecule has 1 aromatic carbocycles. The summed E-state index contributed by atoms with van der Waals surface area (Å²) in [5, 5.41) is 21.9. The molecular formula is C10H10ClNO3. The number of carbonyl (C=O) groups is 1. The molecule has 0 fully saturated rings. The number of aliphatic hydroxyl groups is 1. The van der Waals surface area contributed by atoms with Gasteiger partial charge in [0.2, 0.25) is 0 Å². The number of benzene rings is 1. The molecule has 5 heteroatoms. The first kappa shape index (κ1) is 10.3. The molecule has 4 nitrogen and oxygen atoms in total. The van der Waals surface area contributed by atoms with Gasteiger partial charge in [-0.15, -0.1) is 0 Å². The van der Waals surface area contributed by atoms with Gasteiger partial charge in [-0.1, -0.05) is 17.7 Å². The summed E-state index contributed by atoms with van der Waals surface area (Å²) in [5.74, 6) is -0.973. The Hall–Kier alpha value is -1.26. The van der Waals surface area contributed by atoms with Gasteiger partial charge >= 0.3 is 5.97 Å². The third kappa shape index (κ3) is 1.91. The molecule has 80 valence electrons. The standard InChI is InChI=1S/C10H10ClNO3/c11-5-1-2-6-7(3-5)12-8(10(14)15)4-9(6)13/h1-3,8-9,12-13H,4H2,(H,14,15). The maximum Gasteiger partial charge on any atom is 0.326 e. The van der Waals surface area contributed by atoms with Crippen LogP contribution in [0.2, 0.25) is 5.02 Å². The number of nitrogens with one attached hydrogen (secondary N) is 1. The zero-order chi connectivity index (χ0) is 11.0. The second-order valence-corrected chi connectivity index (χ2v) is 3.95.